The zero-order valence-electron chi connectivity index (χ0n) is 17.8. The Morgan fingerprint density at radius 3 is 2.69 bits per heavy atom. The van der Waals surface area contributed by atoms with E-state index in [0.29, 0.717) is 24.2 Å². The van der Waals surface area contributed by atoms with Crippen molar-refractivity contribution in [3.8, 4) is 11.5 Å². The molecule has 1 saturated carbocycles. The Morgan fingerprint density at radius 1 is 1.22 bits per heavy atom. The van der Waals surface area contributed by atoms with Crippen LogP contribution in [-0.2, 0) is 16.1 Å². The summed E-state index contributed by atoms with van der Waals surface area (Å²) in [6.07, 6.45) is 7.12. The van der Waals surface area contributed by atoms with Gasteiger partial charge in [0.05, 0.1) is 6.20 Å². The number of carbonyl (C=O) groups is 3. The fourth-order valence-electron chi connectivity index (χ4n) is 4.34. The maximum absolute atomic E-state index is 14.4. The summed E-state index contributed by atoms with van der Waals surface area (Å²) in [6.45, 7) is -0.297. The molecule has 1 N–H and O–H groups in total. The second-order valence-corrected chi connectivity index (χ2v) is 8.16. The van der Waals surface area contributed by atoms with E-state index in [9.17, 15) is 18.8 Å². The van der Waals surface area contributed by atoms with Gasteiger partial charge in [-0.15, -0.1) is 0 Å². The molecular weight excluding hydrogens is 415 g/mol. The highest BCUT2D eigenvalue weighted by Crippen LogP contribution is 2.39. The Morgan fingerprint density at radius 2 is 2.00 bits per heavy atom. The van der Waals surface area contributed by atoms with Crippen molar-refractivity contribution in [2.75, 3.05) is 13.6 Å². The lowest BCUT2D eigenvalue weighted by Crippen LogP contribution is -2.49. The van der Waals surface area contributed by atoms with Crippen LogP contribution in [0.2, 0.25) is 0 Å². The molecule has 0 bridgehead atoms. The molecule has 8 nitrogen and oxygen atoms in total. The van der Waals surface area contributed by atoms with Gasteiger partial charge in [-0.3, -0.25) is 19.5 Å². The molecule has 1 saturated heterocycles. The molecule has 32 heavy (non-hydrogen) atoms. The minimum atomic E-state index is -0.817. The molecule has 1 aliphatic carbocycles. The van der Waals surface area contributed by atoms with E-state index in [0.717, 1.165) is 24.2 Å². The average molecular weight is 440 g/mol. The van der Waals surface area contributed by atoms with Crippen molar-refractivity contribution in [1.82, 2.24) is 20.1 Å². The summed E-state index contributed by atoms with van der Waals surface area (Å²) in [5, 5.41) is 2.65. The average Bonchev–Trinajstić information content (AvgIpc) is 2.97. The second-order valence-electron chi connectivity index (χ2n) is 8.16. The monoisotopic (exact) mass is 440 g/mol. The molecule has 9 heteroatoms. The molecule has 4 rings (SSSR count). The van der Waals surface area contributed by atoms with Crippen LogP contribution in [0.15, 0.2) is 42.7 Å². The predicted octanol–water partition coefficient (Wildman–Crippen LogP) is 3.23. The molecule has 2 fully saturated rings. The largest absolute Gasteiger partial charge is 0.453 e. The highest BCUT2D eigenvalue weighted by Gasteiger charge is 2.55. The van der Waals surface area contributed by atoms with Crippen LogP contribution in [0.1, 0.15) is 37.7 Å². The number of hydrogen-bond acceptors (Lipinski definition) is 5. The van der Waals surface area contributed by atoms with Crippen molar-refractivity contribution < 1.29 is 23.5 Å². The molecule has 2 heterocycles. The van der Waals surface area contributed by atoms with Gasteiger partial charge in [-0.2, -0.15) is 0 Å². The van der Waals surface area contributed by atoms with Gasteiger partial charge in [-0.1, -0.05) is 25.3 Å². The summed E-state index contributed by atoms with van der Waals surface area (Å²) in [5.41, 5.74) is -0.294. The topological polar surface area (TPSA) is 91.8 Å². The zero-order valence-corrected chi connectivity index (χ0v) is 17.8. The van der Waals surface area contributed by atoms with Gasteiger partial charge < -0.3 is 15.0 Å². The molecular formula is C23H25FN4O4. The molecule has 0 atom stereocenters. The first-order valence-electron chi connectivity index (χ1n) is 10.6. The van der Waals surface area contributed by atoms with Crippen LogP contribution in [0.3, 0.4) is 0 Å². The Balaban J connectivity index is 1.34. The SMILES string of the molecule is CN1C(=O)N(CC(=O)NCc2ccc(Oc3cccnc3)c(F)c2)C(=O)C12CCCCC2. The van der Waals surface area contributed by atoms with E-state index in [1.807, 2.05) is 0 Å². The predicted molar refractivity (Wildman–Crippen MR) is 113 cm³/mol. The molecule has 1 spiro atoms. The van der Waals surface area contributed by atoms with Crippen LogP contribution >= 0.6 is 0 Å². The summed E-state index contributed by atoms with van der Waals surface area (Å²) in [5.74, 6) is -0.909. The van der Waals surface area contributed by atoms with E-state index in [1.165, 1.54) is 23.2 Å². The molecule has 2 aromatic rings. The van der Waals surface area contributed by atoms with Crippen molar-refractivity contribution in [2.45, 2.75) is 44.2 Å². The fraction of sp³-hybridized carbons (Fsp3) is 0.391. The van der Waals surface area contributed by atoms with Gasteiger partial charge in [0, 0.05) is 19.8 Å². The number of nitrogens with zero attached hydrogens (tertiary/aromatic N) is 3. The van der Waals surface area contributed by atoms with Crippen LogP contribution in [0.25, 0.3) is 0 Å². The molecule has 0 radical (unpaired) electrons. The first-order valence-corrected chi connectivity index (χ1v) is 10.6. The number of likely N-dealkylation sites (N-methyl/N-ethyl adjacent to an activating group) is 1. The molecule has 2 aliphatic rings. The van der Waals surface area contributed by atoms with Gasteiger partial charge in [0.2, 0.25) is 5.91 Å². The van der Waals surface area contributed by atoms with E-state index >= 15 is 0 Å². The number of aromatic nitrogens is 1. The normalized spacial score (nSPS) is 17.7. The van der Waals surface area contributed by atoms with E-state index in [4.69, 9.17) is 4.74 Å². The zero-order chi connectivity index (χ0) is 22.7. The lowest BCUT2D eigenvalue weighted by molar-refractivity contribution is -0.137. The van der Waals surface area contributed by atoms with E-state index < -0.39 is 23.3 Å². The quantitative estimate of drug-likeness (QED) is 0.697. The van der Waals surface area contributed by atoms with Gasteiger partial charge in [0.15, 0.2) is 11.6 Å². The number of urea groups is 1. The third kappa shape index (κ3) is 4.15. The van der Waals surface area contributed by atoms with Gasteiger partial charge in [-0.05, 0) is 42.7 Å². The fourth-order valence-corrected chi connectivity index (χ4v) is 4.34. The maximum atomic E-state index is 14.4. The molecule has 1 aromatic carbocycles. The Bertz CT molecular complexity index is 1020. The first kappa shape index (κ1) is 21.7. The van der Waals surface area contributed by atoms with Crippen molar-refractivity contribution in [2.24, 2.45) is 0 Å². The van der Waals surface area contributed by atoms with Gasteiger partial charge in [0.1, 0.15) is 17.8 Å². The maximum Gasteiger partial charge on any atom is 0.327 e. The summed E-state index contributed by atoms with van der Waals surface area (Å²) in [7, 11) is 1.63. The van der Waals surface area contributed by atoms with Gasteiger partial charge in [-0.25, -0.2) is 9.18 Å². The summed E-state index contributed by atoms with van der Waals surface area (Å²) in [6, 6.07) is 7.26. The highest BCUT2D eigenvalue weighted by molar-refractivity contribution is 6.08. The van der Waals surface area contributed by atoms with Crippen LogP contribution < -0.4 is 10.1 Å². The number of rotatable bonds is 6. The molecule has 1 aromatic heterocycles. The third-order valence-corrected chi connectivity index (χ3v) is 6.13. The smallest absolute Gasteiger partial charge is 0.327 e. The van der Waals surface area contributed by atoms with Crippen LogP contribution in [0.4, 0.5) is 9.18 Å². The minimum Gasteiger partial charge on any atom is -0.453 e. The van der Waals surface area contributed by atoms with Crippen molar-refractivity contribution in [3.05, 3.63) is 54.1 Å². The molecule has 168 valence electrons. The van der Waals surface area contributed by atoms with Crippen LogP contribution in [0, 0.1) is 5.82 Å². The Kier molecular flexibility index (Phi) is 6.07. The Hall–Kier alpha value is -3.49. The number of halogens is 1. The number of hydrogen-bond donors (Lipinski definition) is 1. The number of ether oxygens (including phenoxy) is 1. The lowest BCUT2D eigenvalue weighted by Gasteiger charge is -2.35. The lowest BCUT2D eigenvalue weighted by atomic mass is 9.81. The van der Waals surface area contributed by atoms with Crippen molar-refractivity contribution in [3.63, 3.8) is 0 Å². The number of imide groups is 1. The number of benzene rings is 1. The number of amides is 4. The summed E-state index contributed by atoms with van der Waals surface area (Å²) < 4.78 is 19.8. The summed E-state index contributed by atoms with van der Waals surface area (Å²) in [4.78, 5) is 44.4. The van der Waals surface area contributed by atoms with Crippen LogP contribution in [-0.4, -0.2) is 51.8 Å². The second kappa shape index (κ2) is 8.94. The number of nitrogens with one attached hydrogen (secondary N) is 1. The third-order valence-electron chi connectivity index (χ3n) is 6.13. The van der Waals surface area contributed by atoms with E-state index in [1.54, 1.807) is 31.4 Å². The molecule has 0 unspecified atom stereocenters. The van der Waals surface area contributed by atoms with Crippen LogP contribution in [0.5, 0.6) is 11.5 Å². The molecule has 4 amide bonds. The molecule has 1 aliphatic heterocycles. The van der Waals surface area contributed by atoms with Gasteiger partial charge >= 0.3 is 6.03 Å². The highest BCUT2D eigenvalue weighted by atomic mass is 19.1. The number of pyridine rings is 1. The van der Waals surface area contributed by atoms with Crippen molar-refractivity contribution in [1.29, 1.82) is 0 Å². The van der Waals surface area contributed by atoms with E-state index in [-0.39, 0.29) is 24.7 Å². The first-order chi connectivity index (χ1) is 15.4. The van der Waals surface area contributed by atoms with Gasteiger partial charge in [0.25, 0.3) is 5.91 Å². The Labute approximate surface area is 185 Å². The standard InChI is InChI=1S/C23H25FN4O4/c1-27-22(31)28(21(30)23(27)9-3-2-4-10-23)15-20(29)26-13-16-7-8-19(18(24)12-16)32-17-6-5-11-25-14-17/h5-8,11-12,14H,2-4,9-10,13,15H2,1H3,(H,26,29). The number of carbonyl (C=O) groups excluding carboxylic acids is 3. The minimum absolute atomic E-state index is 0.0437. The van der Waals surface area contributed by atoms with Crippen molar-refractivity contribution >= 4 is 17.8 Å². The van der Waals surface area contributed by atoms with E-state index in [2.05, 4.69) is 10.3 Å². The summed E-state index contributed by atoms with van der Waals surface area (Å²) >= 11 is 0.